The van der Waals surface area contributed by atoms with Gasteiger partial charge in [0, 0.05) is 23.5 Å². The fourth-order valence-corrected chi connectivity index (χ4v) is 7.34. The predicted molar refractivity (Wildman–Crippen MR) is 149 cm³/mol. The number of ether oxygens (including phenoxy) is 1. The van der Waals surface area contributed by atoms with Crippen molar-refractivity contribution < 1.29 is 13.2 Å². The molecule has 1 spiro atoms. The van der Waals surface area contributed by atoms with Crippen LogP contribution in [0.5, 0.6) is 5.75 Å². The van der Waals surface area contributed by atoms with Crippen LogP contribution in [0, 0.1) is 12.3 Å². The molecule has 2 aliphatic carbocycles. The molecule has 13 heteroatoms. The van der Waals surface area contributed by atoms with Crippen molar-refractivity contribution in [3.05, 3.63) is 42.5 Å². The van der Waals surface area contributed by atoms with Gasteiger partial charge < -0.3 is 15.4 Å². The Morgan fingerprint density at radius 1 is 1.18 bits per heavy atom. The number of hydrogen-bond donors (Lipinski definition) is 4. The average Bonchev–Trinajstić information content (AvgIpc) is 3.57. The minimum absolute atomic E-state index is 0.000261. The van der Waals surface area contributed by atoms with Crippen molar-refractivity contribution in [3.8, 4) is 17.0 Å². The number of aromatic amines is 1. The normalized spacial score (nSPS) is 19.4. The van der Waals surface area contributed by atoms with E-state index in [9.17, 15) is 8.42 Å². The number of rotatable bonds is 8. The van der Waals surface area contributed by atoms with Crippen molar-refractivity contribution in [1.82, 2.24) is 39.8 Å². The number of piperidine rings is 1. The summed E-state index contributed by atoms with van der Waals surface area (Å²) in [6, 6.07) is 5.06. The number of H-pyrrole nitrogens is 1. The van der Waals surface area contributed by atoms with Gasteiger partial charge in [0.25, 0.3) is 0 Å². The molecule has 4 heterocycles. The maximum atomic E-state index is 13.1. The molecule has 0 unspecified atom stereocenters. The minimum Gasteiger partial charge on any atom is -0.484 e. The Hall–Kier alpha value is -3.55. The van der Waals surface area contributed by atoms with Crippen LogP contribution < -0.4 is 20.1 Å². The molecule has 1 aromatic carbocycles. The Morgan fingerprint density at radius 3 is 2.70 bits per heavy atom. The fraction of sp³-hybridized carbons (Fsp3) is 0.481. The number of anilines is 2. The van der Waals surface area contributed by atoms with Crippen LogP contribution in [-0.2, 0) is 10.0 Å². The Labute approximate surface area is 232 Å². The molecular weight excluding hydrogens is 530 g/mol. The lowest BCUT2D eigenvalue weighted by molar-refractivity contribution is 0.0562. The molecule has 40 heavy (non-hydrogen) atoms. The second-order valence-corrected chi connectivity index (χ2v) is 13.1. The Balaban J connectivity index is 1.10. The molecule has 2 saturated carbocycles. The van der Waals surface area contributed by atoms with Gasteiger partial charge >= 0.3 is 0 Å². The highest BCUT2D eigenvalue weighted by Gasteiger charge is 2.45. The van der Waals surface area contributed by atoms with Gasteiger partial charge in [0.15, 0.2) is 5.75 Å². The highest BCUT2D eigenvalue weighted by atomic mass is 32.2. The zero-order chi connectivity index (χ0) is 27.3. The van der Waals surface area contributed by atoms with E-state index in [1.54, 1.807) is 41.4 Å². The van der Waals surface area contributed by atoms with Gasteiger partial charge in [0.2, 0.25) is 21.6 Å². The lowest BCUT2D eigenvalue weighted by atomic mass is 9.61. The van der Waals surface area contributed by atoms with Crippen LogP contribution in [0.3, 0.4) is 0 Å². The van der Waals surface area contributed by atoms with Crippen molar-refractivity contribution >= 4 is 27.3 Å². The molecule has 3 aliphatic rings. The maximum absolute atomic E-state index is 13.1. The van der Waals surface area contributed by atoms with E-state index in [-0.39, 0.29) is 17.0 Å². The number of benzene rings is 1. The maximum Gasteiger partial charge on any atom is 0.247 e. The van der Waals surface area contributed by atoms with Crippen molar-refractivity contribution in [3.63, 3.8) is 0 Å². The predicted octanol–water partition coefficient (Wildman–Crippen LogP) is 3.31. The Kier molecular flexibility index (Phi) is 6.24. The number of hydrogen-bond acceptors (Lipinski definition) is 9. The number of fused-ring (bicyclic) bond motifs is 1. The van der Waals surface area contributed by atoms with Gasteiger partial charge in [-0.1, -0.05) is 0 Å². The van der Waals surface area contributed by atoms with E-state index < -0.39 is 10.0 Å². The van der Waals surface area contributed by atoms with E-state index in [0.29, 0.717) is 28.5 Å². The summed E-state index contributed by atoms with van der Waals surface area (Å²) in [7, 11) is -3.61. The molecule has 7 rings (SSSR count). The molecular formula is C27H33N9O3S. The summed E-state index contributed by atoms with van der Waals surface area (Å²) < 4.78 is 37.1. The zero-order valence-corrected chi connectivity index (χ0v) is 23.2. The van der Waals surface area contributed by atoms with Gasteiger partial charge in [-0.05, 0) is 94.1 Å². The van der Waals surface area contributed by atoms with Crippen LogP contribution in [0.2, 0.25) is 0 Å². The summed E-state index contributed by atoms with van der Waals surface area (Å²) in [5.74, 6) is 0.934. The quantitative estimate of drug-likeness (QED) is 0.253. The summed E-state index contributed by atoms with van der Waals surface area (Å²) >= 11 is 0. The van der Waals surface area contributed by atoms with Crippen molar-refractivity contribution in [1.29, 1.82) is 0 Å². The van der Waals surface area contributed by atoms with Crippen LogP contribution in [0.4, 0.5) is 11.6 Å². The number of aromatic nitrogens is 6. The minimum atomic E-state index is -3.61. The molecule has 4 aromatic rings. The van der Waals surface area contributed by atoms with Gasteiger partial charge in [0.1, 0.15) is 12.0 Å². The monoisotopic (exact) mass is 563 g/mol. The van der Waals surface area contributed by atoms with Crippen molar-refractivity contribution in [2.75, 3.05) is 18.4 Å². The Bertz CT molecular complexity index is 1630. The molecule has 4 N–H and O–H groups in total. The zero-order valence-electron chi connectivity index (χ0n) is 22.4. The highest BCUT2D eigenvalue weighted by molar-refractivity contribution is 7.89. The van der Waals surface area contributed by atoms with E-state index in [2.05, 4.69) is 35.6 Å². The van der Waals surface area contributed by atoms with Crippen molar-refractivity contribution in [2.45, 2.75) is 68.9 Å². The second kappa shape index (κ2) is 9.82. The third kappa shape index (κ3) is 4.71. The first-order chi connectivity index (χ1) is 19.4. The van der Waals surface area contributed by atoms with Crippen molar-refractivity contribution in [2.24, 2.45) is 5.41 Å². The van der Waals surface area contributed by atoms with E-state index in [4.69, 9.17) is 9.72 Å². The molecule has 3 fully saturated rings. The standard InChI is InChI=1S/C27H33N9O3S/c1-17-11-21(40(37,38)35-19-12-27(13-19)7-9-28-10-8-27)5-6-22(17)32-26-33-25-24(39-20-3-2-4-20)23(18-14-30-31-15-18)29-16-36(25)34-26/h5-6,11,14-16,19-20,28,35H,2-4,7-10,12-13H2,1H3,(H,30,31)(H,32,34). The molecule has 0 bridgehead atoms. The molecule has 0 atom stereocenters. The van der Waals surface area contributed by atoms with Gasteiger partial charge in [0.05, 0.1) is 17.2 Å². The number of nitrogens with one attached hydrogen (secondary N) is 4. The van der Waals surface area contributed by atoms with E-state index >= 15 is 0 Å². The first kappa shape index (κ1) is 25.4. The van der Waals surface area contributed by atoms with Crippen LogP contribution >= 0.6 is 0 Å². The van der Waals surface area contributed by atoms with Gasteiger partial charge in [-0.15, -0.1) is 5.10 Å². The second-order valence-electron chi connectivity index (χ2n) is 11.4. The van der Waals surface area contributed by atoms with E-state index in [1.165, 1.54) is 0 Å². The SMILES string of the molecule is Cc1cc(S(=O)(=O)NC2CC3(CCNCC3)C2)ccc1Nc1nc2c(OC3CCC3)c(-c3cn[nH]c3)ncn2n1. The number of sulfonamides is 1. The summed E-state index contributed by atoms with van der Waals surface area (Å²) in [6.07, 6.45) is 12.4. The first-order valence-electron chi connectivity index (χ1n) is 13.9. The third-order valence-electron chi connectivity index (χ3n) is 8.55. The summed E-state index contributed by atoms with van der Waals surface area (Å²) in [5.41, 5.74) is 3.81. The number of aryl methyl sites for hydroxylation is 1. The van der Waals surface area contributed by atoms with E-state index in [0.717, 1.165) is 74.8 Å². The van der Waals surface area contributed by atoms with Crippen LogP contribution in [0.1, 0.15) is 50.5 Å². The summed E-state index contributed by atoms with van der Waals surface area (Å²) in [4.78, 5) is 9.54. The summed E-state index contributed by atoms with van der Waals surface area (Å²) in [6.45, 7) is 3.91. The molecule has 1 aliphatic heterocycles. The molecule has 0 radical (unpaired) electrons. The van der Waals surface area contributed by atoms with Gasteiger partial charge in [-0.2, -0.15) is 14.6 Å². The molecule has 210 valence electrons. The molecule has 1 saturated heterocycles. The van der Waals surface area contributed by atoms with Crippen LogP contribution in [-0.4, -0.2) is 63.4 Å². The fourth-order valence-electron chi connectivity index (χ4n) is 6.02. The smallest absolute Gasteiger partial charge is 0.247 e. The topological polar surface area (TPSA) is 151 Å². The molecule has 12 nitrogen and oxygen atoms in total. The van der Waals surface area contributed by atoms with Gasteiger partial charge in [-0.3, -0.25) is 5.10 Å². The summed E-state index contributed by atoms with van der Waals surface area (Å²) in [5, 5.41) is 18.0. The number of nitrogens with zero attached hydrogens (tertiary/aromatic N) is 5. The largest absolute Gasteiger partial charge is 0.484 e. The third-order valence-corrected chi connectivity index (χ3v) is 10.1. The average molecular weight is 564 g/mol. The molecule has 3 aromatic heterocycles. The molecule has 0 amide bonds. The highest BCUT2D eigenvalue weighted by Crippen LogP contribution is 2.48. The Morgan fingerprint density at radius 2 is 2.00 bits per heavy atom. The lowest BCUT2D eigenvalue weighted by Gasteiger charge is -2.50. The van der Waals surface area contributed by atoms with Gasteiger partial charge in [-0.25, -0.2) is 18.1 Å². The van der Waals surface area contributed by atoms with Crippen LogP contribution in [0.15, 0.2) is 41.8 Å². The van der Waals surface area contributed by atoms with Crippen LogP contribution in [0.25, 0.3) is 16.9 Å². The first-order valence-corrected chi connectivity index (χ1v) is 15.4. The lowest BCUT2D eigenvalue weighted by Crippen LogP contribution is -2.54. The van der Waals surface area contributed by atoms with E-state index in [1.807, 2.05) is 6.92 Å².